The van der Waals surface area contributed by atoms with Gasteiger partial charge < -0.3 is 10.2 Å². The van der Waals surface area contributed by atoms with Crippen LogP contribution in [-0.2, 0) is 6.42 Å². The third kappa shape index (κ3) is 3.68. The molecular formula is C16H23N3O. The van der Waals surface area contributed by atoms with Crippen LogP contribution in [0.25, 0.3) is 0 Å². The van der Waals surface area contributed by atoms with Crippen LogP contribution in [0.15, 0.2) is 41.1 Å². The van der Waals surface area contributed by atoms with E-state index in [1.807, 2.05) is 50.5 Å². The highest BCUT2D eigenvalue weighted by Crippen LogP contribution is 2.24. The minimum absolute atomic E-state index is 0.0167. The van der Waals surface area contributed by atoms with Crippen LogP contribution in [0.4, 0.5) is 0 Å². The molecular weight excluding hydrogens is 250 g/mol. The molecule has 0 aliphatic heterocycles. The van der Waals surface area contributed by atoms with Crippen LogP contribution in [0.5, 0.6) is 0 Å². The molecule has 4 nitrogen and oxygen atoms in total. The lowest BCUT2D eigenvalue weighted by atomic mass is 10.1. The van der Waals surface area contributed by atoms with Crippen molar-refractivity contribution in [1.29, 1.82) is 0 Å². The first-order valence-corrected chi connectivity index (χ1v) is 6.99. The Balaban J connectivity index is 2.02. The van der Waals surface area contributed by atoms with Gasteiger partial charge in [-0.1, -0.05) is 0 Å². The molecule has 0 radical (unpaired) electrons. The lowest BCUT2D eigenvalue weighted by Gasteiger charge is -2.29. The lowest BCUT2D eigenvalue weighted by molar-refractivity contribution is 0.192. The Hall–Kier alpha value is -1.65. The monoisotopic (exact) mass is 273 g/mol. The molecule has 2 aromatic heterocycles. The number of nitrogens with two attached hydrogens (primary N) is 1. The molecule has 4 heteroatoms. The van der Waals surface area contributed by atoms with E-state index in [0.717, 1.165) is 24.5 Å². The molecule has 2 unspecified atom stereocenters. The first kappa shape index (κ1) is 14.8. The Morgan fingerprint density at radius 1 is 1.25 bits per heavy atom. The van der Waals surface area contributed by atoms with Crippen LogP contribution in [0.3, 0.4) is 0 Å². The van der Waals surface area contributed by atoms with Gasteiger partial charge in [0.15, 0.2) is 0 Å². The predicted octanol–water partition coefficient (Wildman–Crippen LogP) is 2.55. The summed E-state index contributed by atoms with van der Waals surface area (Å²) in [5.74, 6) is 1.86. The zero-order valence-electron chi connectivity index (χ0n) is 12.4. The number of hydrogen-bond donors (Lipinski definition) is 1. The second-order valence-corrected chi connectivity index (χ2v) is 5.34. The minimum Gasteiger partial charge on any atom is -0.465 e. The first-order valence-electron chi connectivity index (χ1n) is 6.99. The van der Waals surface area contributed by atoms with Gasteiger partial charge in [-0.2, -0.15) is 0 Å². The third-order valence-corrected chi connectivity index (χ3v) is 3.53. The summed E-state index contributed by atoms with van der Waals surface area (Å²) < 4.78 is 5.75. The smallest absolute Gasteiger partial charge is 0.122 e. The Bertz CT molecular complexity index is 522. The fourth-order valence-corrected chi connectivity index (χ4v) is 2.48. The fraction of sp³-hybridized carbons (Fsp3) is 0.438. The molecule has 0 bridgehead atoms. The maximum Gasteiger partial charge on any atom is 0.122 e. The van der Waals surface area contributed by atoms with Gasteiger partial charge in [0, 0.05) is 25.0 Å². The standard InChI is InChI=1S/C16H23N3O/c1-12-4-5-15(20-12)16(13(2)17)19(3)11-8-14-6-9-18-10-7-14/h4-7,9-10,13,16H,8,11,17H2,1-3H3. The second-order valence-electron chi connectivity index (χ2n) is 5.34. The highest BCUT2D eigenvalue weighted by Gasteiger charge is 2.23. The van der Waals surface area contributed by atoms with Crippen LogP contribution in [0.1, 0.15) is 30.0 Å². The summed E-state index contributed by atoms with van der Waals surface area (Å²) in [6.45, 7) is 4.90. The number of aryl methyl sites for hydroxylation is 1. The predicted molar refractivity (Wildman–Crippen MR) is 80.4 cm³/mol. The summed E-state index contributed by atoms with van der Waals surface area (Å²) in [6.07, 6.45) is 4.63. The maximum atomic E-state index is 6.14. The van der Waals surface area contributed by atoms with E-state index in [1.54, 1.807) is 0 Å². The average Bonchev–Trinajstić information content (AvgIpc) is 2.83. The lowest BCUT2D eigenvalue weighted by Crippen LogP contribution is -2.38. The van der Waals surface area contributed by atoms with Gasteiger partial charge in [0.25, 0.3) is 0 Å². The van der Waals surface area contributed by atoms with E-state index in [1.165, 1.54) is 5.56 Å². The van der Waals surface area contributed by atoms with E-state index in [9.17, 15) is 0 Å². The molecule has 0 saturated carbocycles. The molecule has 2 heterocycles. The summed E-state index contributed by atoms with van der Waals surface area (Å²) >= 11 is 0. The fourth-order valence-electron chi connectivity index (χ4n) is 2.48. The number of nitrogens with zero attached hydrogens (tertiary/aromatic N) is 2. The summed E-state index contributed by atoms with van der Waals surface area (Å²) in [5, 5.41) is 0. The number of aromatic nitrogens is 1. The molecule has 0 spiro atoms. The van der Waals surface area contributed by atoms with Crippen LogP contribution >= 0.6 is 0 Å². The summed E-state index contributed by atoms with van der Waals surface area (Å²) in [4.78, 5) is 6.29. The largest absolute Gasteiger partial charge is 0.465 e. The molecule has 0 aliphatic carbocycles. The van der Waals surface area contributed by atoms with Gasteiger partial charge in [0.05, 0.1) is 6.04 Å². The zero-order chi connectivity index (χ0) is 14.5. The number of rotatable bonds is 6. The second kappa shape index (κ2) is 6.68. The highest BCUT2D eigenvalue weighted by atomic mass is 16.3. The molecule has 2 N–H and O–H groups in total. The SMILES string of the molecule is Cc1ccc(C(C(C)N)N(C)CCc2ccncc2)o1. The Morgan fingerprint density at radius 3 is 2.50 bits per heavy atom. The molecule has 2 aromatic rings. The van der Waals surface area contributed by atoms with E-state index in [4.69, 9.17) is 10.2 Å². The van der Waals surface area contributed by atoms with Gasteiger partial charge >= 0.3 is 0 Å². The van der Waals surface area contributed by atoms with Crippen LogP contribution in [0, 0.1) is 6.92 Å². The quantitative estimate of drug-likeness (QED) is 0.878. The van der Waals surface area contributed by atoms with Crippen molar-refractivity contribution in [1.82, 2.24) is 9.88 Å². The zero-order valence-corrected chi connectivity index (χ0v) is 12.4. The van der Waals surface area contributed by atoms with Gasteiger partial charge in [-0.05, 0) is 57.1 Å². The molecule has 108 valence electrons. The number of furan rings is 1. The normalized spacial score (nSPS) is 14.4. The van der Waals surface area contributed by atoms with Gasteiger partial charge in [-0.25, -0.2) is 0 Å². The van der Waals surface area contributed by atoms with Crippen molar-refractivity contribution < 1.29 is 4.42 Å². The maximum absolute atomic E-state index is 6.14. The topological polar surface area (TPSA) is 55.3 Å². The van der Waals surface area contributed by atoms with Crippen molar-refractivity contribution in [2.75, 3.05) is 13.6 Å². The first-order chi connectivity index (χ1) is 9.58. The van der Waals surface area contributed by atoms with E-state index in [-0.39, 0.29) is 12.1 Å². The van der Waals surface area contributed by atoms with Crippen molar-refractivity contribution in [2.24, 2.45) is 5.73 Å². The molecule has 20 heavy (non-hydrogen) atoms. The van der Waals surface area contributed by atoms with Crippen molar-refractivity contribution in [3.63, 3.8) is 0 Å². The van der Waals surface area contributed by atoms with Crippen molar-refractivity contribution in [2.45, 2.75) is 32.4 Å². The average molecular weight is 273 g/mol. The highest BCUT2D eigenvalue weighted by molar-refractivity contribution is 5.13. The van der Waals surface area contributed by atoms with Crippen molar-refractivity contribution in [3.05, 3.63) is 53.7 Å². The molecule has 2 rings (SSSR count). The molecule has 0 saturated heterocycles. The van der Waals surface area contributed by atoms with Gasteiger partial charge in [0.2, 0.25) is 0 Å². The van der Waals surface area contributed by atoms with E-state index in [2.05, 4.69) is 16.9 Å². The van der Waals surface area contributed by atoms with Crippen molar-refractivity contribution >= 4 is 0 Å². The molecule has 0 amide bonds. The summed E-state index contributed by atoms with van der Waals surface area (Å²) in [5.41, 5.74) is 7.42. The molecule has 0 aliphatic rings. The Morgan fingerprint density at radius 2 is 1.95 bits per heavy atom. The minimum atomic E-state index is 0.0167. The van der Waals surface area contributed by atoms with E-state index >= 15 is 0 Å². The molecule has 0 aromatic carbocycles. The Labute approximate surface area is 120 Å². The van der Waals surface area contributed by atoms with Crippen LogP contribution in [-0.4, -0.2) is 29.5 Å². The van der Waals surface area contributed by atoms with Crippen LogP contribution < -0.4 is 5.73 Å². The molecule has 0 fully saturated rings. The van der Waals surface area contributed by atoms with E-state index < -0.39 is 0 Å². The van der Waals surface area contributed by atoms with Crippen molar-refractivity contribution in [3.8, 4) is 0 Å². The number of pyridine rings is 1. The third-order valence-electron chi connectivity index (χ3n) is 3.53. The van der Waals surface area contributed by atoms with Crippen LogP contribution in [0.2, 0.25) is 0 Å². The summed E-state index contributed by atoms with van der Waals surface area (Å²) in [6, 6.07) is 8.22. The van der Waals surface area contributed by atoms with Gasteiger partial charge in [0.1, 0.15) is 11.5 Å². The van der Waals surface area contributed by atoms with Gasteiger partial charge in [-0.15, -0.1) is 0 Å². The number of likely N-dealkylation sites (N-methyl/N-ethyl adjacent to an activating group) is 1. The van der Waals surface area contributed by atoms with Gasteiger partial charge in [-0.3, -0.25) is 9.88 Å². The molecule has 2 atom stereocenters. The van der Waals surface area contributed by atoms with E-state index in [0.29, 0.717) is 0 Å². The number of hydrogen-bond acceptors (Lipinski definition) is 4. The summed E-state index contributed by atoms with van der Waals surface area (Å²) in [7, 11) is 2.09. The Kier molecular flexibility index (Phi) is 4.93.